The van der Waals surface area contributed by atoms with Crippen molar-refractivity contribution in [3.05, 3.63) is 60.2 Å². The molecule has 2 aromatic carbocycles. The van der Waals surface area contributed by atoms with Gasteiger partial charge in [0.2, 0.25) is 0 Å². The zero-order valence-corrected chi connectivity index (χ0v) is 16.4. The highest BCUT2D eigenvalue weighted by atomic mass is 35.5. The standard InChI is InChI=1S/C21H26N2O3.ClH/c1-21(15-22)11-12-23(16-21)20(24)18-9-5-6-10-19(18)26-14-13-25-17-7-3-2-4-8-17;/h2-10H,11-16,22H2,1H3;1H. The molecule has 5 nitrogen and oxygen atoms in total. The van der Waals surface area contributed by atoms with E-state index in [9.17, 15) is 4.79 Å². The van der Waals surface area contributed by atoms with Crippen LogP contribution >= 0.6 is 12.4 Å². The Hall–Kier alpha value is -2.24. The third kappa shape index (κ3) is 5.37. The minimum Gasteiger partial charge on any atom is -0.490 e. The molecule has 1 fully saturated rings. The van der Waals surface area contributed by atoms with E-state index in [0.717, 1.165) is 18.7 Å². The highest BCUT2D eigenvalue weighted by molar-refractivity contribution is 5.97. The summed E-state index contributed by atoms with van der Waals surface area (Å²) in [5.74, 6) is 1.40. The van der Waals surface area contributed by atoms with Crippen LogP contribution in [0.4, 0.5) is 0 Å². The van der Waals surface area contributed by atoms with Gasteiger partial charge in [-0.05, 0) is 42.6 Å². The van der Waals surface area contributed by atoms with E-state index in [0.29, 0.717) is 37.6 Å². The third-order valence-corrected chi connectivity index (χ3v) is 4.81. The molecule has 146 valence electrons. The van der Waals surface area contributed by atoms with E-state index in [1.165, 1.54) is 0 Å². The molecule has 3 rings (SSSR count). The van der Waals surface area contributed by atoms with Gasteiger partial charge < -0.3 is 20.1 Å². The first-order chi connectivity index (χ1) is 12.6. The maximum Gasteiger partial charge on any atom is 0.257 e. The van der Waals surface area contributed by atoms with E-state index in [2.05, 4.69) is 6.92 Å². The van der Waals surface area contributed by atoms with Crippen LogP contribution in [0.25, 0.3) is 0 Å². The average Bonchev–Trinajstić information content (AvgIpc) is 3.09. The predicted octanol–water partition coefficient (Wildman–Crippen LogP) is 3.38. The Labute approximate surface area is 166 Å². The van der Waals surface area contributed by atoms with Crippen molar-refractivity contribution >= 4 is 18.3 Å². The number of para-hydroxylation sites is 2. The van der Waals surface area contributed by atoms with E-state index in [-0.39, 0.29) is 23.7 Å². The van der Waals surface area contributed by atoms with Crippen LogP contribution in [0.15, 0.2) is 54.6 Å². The Kier molecular flexibility index (Phi) is 7.51. The Morgan fingerprint density at radius 3 is 2.44 bits per heavy atom. The van der Waals surface area contributed by atoms with Gasteiger partial charge in [-0.2, -0.15) is 0 Å². The van der Waals surface area contributed by atoms with Gasteiger partial charge in [0.05, 0.1) is 5.56 Å². The van der Waals surface area contributed by atoms with Crippen molar-refractivity contribution < 1.29 is 14.3 Å². The number of ether oxygens (including phenoxy) is 2. The molecule has 2 N–H and O–H groups in total. The summed E-state index contributed by atoms with van der Waals surface area (Å²) in [4.78, 5) is 14.8. The summed E-state index contributed by atoms with van der Waals surface area (Å²) in [6.07, 6.45) is 0.934. The number of likely N-dealkylation sites (tertiary alicyclic amines) is 1. The van der Waals surface area contributed by atoms with Crippen molar-refractivity contribution in [2.24, 2.45) is 11.1 Å². The first-order valence-electron chi connectivity index (χ1n) is 9.00. The maximum atomic E-state index is 12.9. The fraction of sp³-hybridized carbons (Fsp3) is 0.381. The van der Waals surface area contributed by atoms with Gasteiger partial charge in [-0.15, -0.1) is 12.4 Å². The van der Waals surface area contributed by atoms with Crippen molar-refractivity contribution in [2.75, 3.05) is 32.8 Å². The SMILES string of the molecule is CC1(CN)CCN(C(=O)c2ccccc2OCCOc2ccccc2)C1.Cl. The van der Waals surface area contributed by atoms with E-state index < -0.39 is 0 Å². The van der Waals surface area contributed by atoms with Crippen LogP contribution in [-0.4, -0.2) is 43.7 Å². The second kappa shape index (κ2) is 9.62. The smallest absolute Gasteiger partial charge is 0.257 e. The number of carbonyl (C=O) groups is 1. The molecule has 0 bridgehead atoms. The van der Waals surface area contributed by atoms with Crippen molar-refractivity contribution in [1.82, 2.24) is 4.90 Å². The van der Waals surface area contributed by atoms with Crippen LogP contribution in [0.3, 0.4) is 0 Å². The number of rotatable bonds is 7. The lowest BCUT2D eigenvalue weighted by atomic mass is 9.90. The van der Waals surface area contributed by atoms with Gasteiger partial charge in [0.25, 0.3) is 5.91 Å². The minimum absolute atomic E-state index is 0. The molecule has 2 aromatic rings. The molecule has 0 saturated carbocycles. The monoisotopic (exact) mass is 390 g/mol. The average molecular weight is 391 g/mol. The molecular formula is C21H27ClN2O3. The first-order valence-corrected chi connectivity index (χ1v) is 9.00. The van der Waals surface area contributed by atoms with Crippen molar-refractivity contribution in [1.29, 1.82) is 0 Å². The first kappa shape index (κ1) is 21.1. The quantitative estimate of drug-likeness (QED) is 0.736. The zero-order valence-electron chi connectivity index (χ0n) is 15.6. The van der Waals surface area contributed by atoms with Gasteiger partial charge in [0, 0.05) is 13.1 Å². The van der Waals surface area contributed by atoms with Crippen molar-refractivity contribution in [3.8, 4) is 11.5 Å². The summed E-state index contributed by atoms with van der Waals surface area (Å²) in [6.45, 7) is 4.93. The highest BCUT2D eigenvalue weighted by Crippen LogP contribution is 2.31. The topological polar surface area (TPSA) is 64.8 Å². The zero-order chi connectivity index (χ0) is 18.4. The van der Waals surface area contributed by atoms with Crippen LogP contribution in [0, 0.1) is 5.41 Å². The largest absolute Gasteiger partial charge is 0.490 e. The normalized spacial score (nSPS) is 18.7. The van der Waals surface area contributed by atoms with Gasteiger partial charge in [0.15, 0.2) is 0 Å². The van der Waals surface area contributed by atoms with Gasteiger partial charge in [-0.25, -0.2) is 0 Å². The Morgan fingerprint density at radius 2 is 1.74 bits per heavy atom. The molecule has 0 spiro atoms. The number of hydrogen-bond acceptors (Lipinski definition) is 4. The molecule has 0 aliphatic carbocycles. The molecule has 1 atom stereocenters. The molecule has 1 saturated heterocycles. The molecule has 1 aliphatic rings. The van der Waals surface area contributed by atoms with E-state index in [4.69, 9.17) is 15.2 Å². The molecule has 1 heterocycles. The summed E-state index contributed by atoms with van der Waals surface area (Å²) in [7, 11) is 0. The van der Waals surface area contributed by atoms with E-state index in [1.807, 2.05) is 59.5 Å². The van der Waals surface area contributed by atoms with Crippen LogP contribution in [0.1, 0.15) is 23.7 Å². The number of nitrogens with two attached hydrogens (primary N) is 1. The number of carbonyl (C=O) groups excluding carboxylic acids is 1. The number of benzene rings is 2. The van der Waals surface area contributed by atoms with Crippen molar-refractivity contribution in [2.45, 2.75) is 13.3 Å². The summed E-state index contributed by atoms with van der Waals surface area (Å²) in [5, 5.41) is 0. The second-order valence-electron chi connectivity index (χ2n) is 7.00. The fourth-order valence-corrected chi connectivity index (χ4v) is 3.13. The van der Waals surface area contributed by atoms with Gasteiger partial charge in [0.1, 0.15) is 24.7 Å². The molecule has 1 amide bonds. The number of halogens is 1. The number of amides is 1. The van der Waals surface area contributed by atoms with Gasteiger partial charge >= 0.3 is 0 Å². The number of nitrogens with zero attached hydrogens (tertiary/aromatic N) is 1. The fourth-order valence-electron chi connectivity index (χ4n) is 3.13. The third-order valence-electron chi connectivity index (χ3n) is 4.81. The maximum absolute atomic E-state index is 12.9. The molecular weight excluding hydrogens is 364 g/mol. The van der Waals surface area contributed by atoms with Crippen LogP contribution in [0.5, 0.6) is 11.5 Å². The molecule has 27 heavy (non-hydrogen) atoms. The lowest BCUT2D eigenvalue weighted by Crippen LogP contribution is -2.34. The minimum atomic E-state index is 0. The summed E-state index contributed by atoms with van der Waals surface area (Å²) in [5.41, 5.74) is 6.45. The van der Waals surface area contributed by atoms with Crippen LogP contribution < -0.4 is 15.2 Å². The van der Waals surface area contributed by atoms with E-state index in [1.54, 1.807) is 0 Å². The van der Waals surface area contributed by atoms with Crippen LogP contribution in [0.2, 0.25) is 0 Å². The second-order valence-corrected chi connectivity index (χ2v) is 7.00. The molecule has 1 unspecified atom stereocenters. The molecule has 1 aliphatic heterocycles. The molecule has 0 radical (unpaired) electrons. The Bertz CT molecular complexity index is 741. The summed E-state index contributed by atoms with van der Waals surface area (Å²) >= 11 is 0. The summed E-state index contributed by atoms with van der Waals surface area (Å²) < 4.78 is 11.5. The predicted molar refractivity (Wildman–Crippen MR) is 109 cm³/mol. The number of hydrogen-bond donors (Lipinski definition) is 1. The van der Waals surface area contributed by atoms with Gasteiger partial charge in [-0.1, -0.05) is 37.3 Å². The van der Waals surface area contributed by atoms with Gasteiger partial charge in [-0.3, -0.25) is 4.79 Å². The summed E-state index contributed by atoms with van der Waals surface area (Å²) in [6, 6.07) is 17.0. The van der Waals surface area contributed by atoms with Crippen molar-refractivity contribution in [3.63, 3.8) is 0 Å². The van der Waals surface area contributed by atoms with Crippen LogP contribution in [-0.2, 0) is 0 Å². The highest BCUT2D eigenvalue weighted by Gasteiger charge is 2.35. The van der Waals surface area contributed by atoms with E-state index >= 15 is 0 Å². The molecule has 6 heteroatoms. The molecule has 0 aromatic heterocycles. The lowest BCUT2D eigenvalue weighted by molar-refractivity contribution is 0.0771. The Balaban J connectivity index is 0.00000261. The Morgan fingerprint density at radius 1 is 1.07 bits per heavy atom. The lowest BCUT2D eigenvalue weighted by Gasteiger charge is -2.23.